The van der Waals surface area contributed by atoms with Gasteiger partial charge in [-0.15, -0.1) is 0 Å². The zero-order valence-corrected chi connectivity index (χ0v) is 13.5. The molecule has 1 aromatic heterocycles. The van der Waals surface area contributed by atoms with Crippen LogP contribution in [0.3, 0.4) is 0 Å². The van der Waals surface area contributed by atoms with Crippen LogP contribution < -0.4 is 10.1 Å². The van der Waals surface area contributed by atoms with Crippen molar-refractivity contribution in [3.05, 3.63) is 53.9 Å². The van der Waals surface area contributed by atoms with Gasteiger partial charge in [0.1, 0.15) is 11.5 Å². The summed E-state index contributed by atoms with van der Waals surface area (Å²) in [5.41, 5.74) is 2.25. The van der Waals surface area contributed by atoms with Gasteiger partial charge in [0.25, 0.3) is 0 Å². The van der Waals surface area contributed by atoms with Crippen LogP contribution in [0.4, 0.5) is 0 Å². The number of benzene rings is 1. The van der Waals surface area contributed by atoms with Crippen LogP contribution in [0.2, 0.25) is 0 Å². The molecule has 1 heterocycles. The van der Waals surface area contributed by atoms with Crippen molar-refractivity contribution < 1.29 is 4.74 Å². The van der Waals surface area contributed by atoms with Gasteiger partial charge in [0, 0.05) is 11.6 Å². The molecule has 1 aromatic carbocycles. The summed E-state index contributed by atoms with van der Waals surface area (Å²) in [6.45, 7) is 8.64. The van der Waals surface area contributed by atoms with E-state index in [1.54, 1.807) is 6.20 Å². The predicted molar refractivity (Wildman–Crippen MR) is 86.9 cm³/mol. The first-order chi connectivity index (χ1) is 9.91. The normalized spacial score (nSPS) is 13.0. The second-order valence-corrected chi connectivity index (χ2v) is 6.28. The first-order valence-corrected chi connectivity index (χ1v) is 7.32. The quantitative estimate of drug-likeness (QED) is 0.900. The molecule has 0 aliphatic heterocycles. The van der Waals surface area contributed by atoms with Crippen LogP contribution in [0.5, 0.6) is 11.5 Å². The highest BCUT2D eigenvalue weighted by atomic mass is 16.5. The number of hydrogen-bond donors (Lipinski definition) is 1. The molecule has 2 aromatic rings. The van der Waals surface area contributed by atoms with E-state index in [4.69, 9.17) is 4.74 Å². The molecule has 2 rings (SSSR count). The molecule has 0 spiro atoms. The maximum absolute atomic E-state index is 6.02. The van der Waals surface area contributed by atoms with Crippen molar-refractivity contribution in [1.82, 2.24) is 10.3 Å². The molecule has 1 unspecified atom stereocenters. The van der Waals surface area contributed by atoms with Gasteiger partial charge in [-0.3, -0.25) is 4.98 Å². The number of nitrogens with one attached hydrogen (secondary N) is 1. The Bertz CT molecular complexity index is 585. The van der Waals surface area contributed by atoms with E-state index < -0.39 is 0 Å². The standard InChI is InChI=1S/C18H24N2O/c1-13(19-5)16-11-10-14(12-20-16)21-17-9-7-6-8-15(17)18(2,3)4/h6-13,19H,1-5H3. The Morgan fingerprint density at radius 2 is 1.81 bits per heavy atom. The molecule has 0 bridgehead atoms. The van der Waals surface area contributed by atoms with Crippen molar-refractivity contribution >= 4 is 0 Å². The minimum absolute atomic E-state index is 0.0462. The lowest BCUT2D eigenvalue weighted by atomic mass is 9.86. The fourth-order valence-corrected chi connectivity index (χ4v) is 2.16. The maximum atomic E-state index is 6.02. The molecule has 3 nitrogen and oxygen atoms in total. The van der Waals surface area contributed by atoms with Gasteiger partial charge in [-0.1, -0.05) is 39.0 Å². The molecule has 21 heavy (non-hydrogen) atoms. The molecular formula is C18H24N2O. The van der Waals surface area contributed by atoms with E-state index in [-0.39, 0.29) is 11.5 Å². The smallest absolute Gasteiger partial charge is 0.145 e. The van der Waals surface area contributed by atoms with E-state index in [1.165, 1.54) is 5.56 Å². The minimum Gasteiger partial charge on any atom is -0.455 e. The number of nitrogens with zero attached hydrogens (tertiary/aromatic N) is 1. The molecule has 0 saturated heterocycles. The number of pyridine rings is 1. The summed E-state index contributed by atoms with van der Waals surface area (Å²) in [5, 5.41) is 3.18. The van der Waals surface area contributed by atoms with Gasteiger partial charge >= 0.3 is 0 Å². The fourth-order valence-electron chi connectivity index (χ4n) is 2.16. The number of hydrogen-bond acceptors (Lipinski definition) is 3. The van der Waals surface area contributed by atoms with E-state index in [9.17, 15) is 0 Å². The van der Waals surface area contributed by atoms with Crippen molar-refractivity contribution in [2.75, 3.05) is 7.05 Å². The molecule has 1 atom stereocenters. The van der Waals surface area contributed by atoms with Gasteiger partial charge in [-0.05, 0) is 37.6 Å². The number of ether oxygens (including phenoxy) is 1. The zero-order chi connectivity index (χ0) is 15.5. The van der Waals surface area contributed by atoms with E-state index in [0.717, 1.165) is 17.2 Å². The van der Waals surface area contributed by atoms with Gasteiger partial charge in [-0.25, -0.2) is 0 Å². The first kappa shape index (κ1) is 15.5. The summed E-state index contributed by atoms with van der Waals surface area (Å²) in [6.07, 6.45) is 1.78. The lowest BCUT2D eigenvalue weighted by Crippen LogP contribution is -2.13. The molecule has 3 heteroatoms. The highest BCUT2D eigenvalue weighted by Crippen LogP contribution is 2.33. The topological polar surface area (TPSA) is 34.1 Å². The van der Waals surface area contributed by atoms with Gasteiger partial charge in [-0.2, -0.15) is 0 Å². The molecule has 0 aliphatic rings. The van der Waals surface area contributed by atoms with Crippen molar-refractivity contribution in [3.63, 3.8) is 0 Å². The predicted octanol–water partition coefficient (Wildman–Crippen LogP) is 4.45. The van der Waals surface area contributed by atoms with E-state index in [2.05, 4.69) is 44.1 Å². The van der Waals surface area contributed by atoms with Crippen LogP contribution in [0, 0.1) is 0 Å². The van der Waals surface area contributed by atoms with Crippen LogP contribution in [0.15, 0.2) is 42.6 Å². The molecule has 0 radical (unpaired) electrons. The summed E-state index contributed by atoms with van der Waals surface area (Å²) in [6, 6.07) is 12.4. The lowest BCUT2D eigenvalue weighted by Gasteiger charge is -2.22. The summed E-state index contributed by atoms with van der Waals surface area (Å²) < 4.78 is 6.02. The monoisotopic (exact) mass is 284 g/mol. The van der Waals surface area contributed by atoms with Gasteiger partial charge < -0.3 is 10.1 Å². The molecule has 1 N–H and O–H groups in total. The highest BCUT2D eigenvalue weighted by molar-refractivity contribution is 5.41. The molecule has 0 saturated carbocycles. The third kappa shape index (κ3) is 3.82. The molecule has 0 fully saturated rings. The second kappa shape index (κ2) is 6.27. The van der Waals surface area contributed by atoms with Crippen molar-refractivity contribution in [2.24, 2.45) is 0 Å². The van der Waals surface area contributed by atoms with E-state index >= 15 is 0 Å². The Kier molecular flexibility index (Phi) is 4.63. The SMILES string of the molecule is CNC(C)c1ccc(Oc2ccccc2C(C)(C)C)cn1. The van der Waals surface area contributed by atoms with Crippen LogP contribution in [0.1, 0.15) is 45.0 Å². The highest BCUT2D eigenvalue weighted by Gasteiger charge is 2.18. The summed E-state index contributed by atoms with van der Waals surface area (Å²) in [5.74, 6) is 1.65. The fraction of sp³-hybridized carbons (Fsp3) is 0.389. The van der Waals surface area contributed by atoms with Crippen molar-refractivity contribution in [3.8, 4) is 11.5 Å². The average molecular weight is 284 g/mol. The molecule has 0 aliphatic carbocycles. The third-order valence-corrected chi connectivity index (χ3v) is 3.56. The van der Waals surface area contributed by atoms with E-state index in [0.29, 0.717) is 0 Å². The van der Waals surface area contributed by atoms with E-state index in [1.807, 2.05) is 37.4 Å². The second-order valence-electron chi connectivity index (χ2n) is 6.28. The van der Waals surface area contributed by atoms with Crippen LogP contribution in [-0.4, -0.2) is 12.0 Å². The largest absolute Gasteiger partial charge is 0.455 e. The molecule has 0 amide bonds. The summed E-state index contributed by atoms with van der Waals surface area (Å²) in [4.78, 5) is 4.45. The lowest BCUT2D eigenvalue weighted by molar-refractivity contribution is 0.452. The third-order valence-electron chi connectivity index (χ3n) is 3.56. The maximum Gasteiger partial charge on any atom is 0.145 e. The Morgan fingerprint density at radius 3 is 2.38 bits per heavy atom. The molecular weight excluding hydrogens is 260 g/mol. The average Bonchev–Trinajstić information content (AvgIpc) is 2.47. The number of aromatic nitrogens is 1. The Morgan fingerprint density at radius 1 is 1.10 bits per heavy atom. The van der Waals surface area contributed by atoms with Gasteiger partial charge in [0.2, 0.25) is 0 Å². The van der Waals surface area contributed by atoms with Crippen molar-refractivity contribution in [2.45, 2.75) is 39.2 Å². The minimum atomic E-state index is 0.0462. The van der Waals surface area contributed by atoms with Crippen LogP contribution in [0.25, 0.3) is 0 Å². The first-order valence-electron chi connectivity index (χ1n) is 7.32. The zero-order valence-electron chi connectivity index (χ0n) is 13.5. The molecule has 112 valence electrons. The summed E-state index contributed by atoms with van der Waals surface area (Å²) in [7, 11) is 1.93. The Labute approximate surface area is 127 Å². The van der Waals surface area contributed by atoms with Crippen molar-refractivity contribution in [1.29, 1.82) is 0 Å². The van der Waals surface area contributed by atoms with Gasteiger partial charge in [0.05, 0.1) is 11.9 Å². The summed E-state index contributed by atoms with van der Waals surface area (Å²) >= 11 is 0. The van der Waals surface area contributed by atoms with Crippen LogP contribution >= 0.6 is 0 Å². The number of rotatable bonds is 4. The Hall–Kier alpha value is -1.87. The Balaban J connectivity index is 2.23. The number of para-hydroxylation sites is 1. The van der Waals surface area contributed by atoms with Crippen LogP contribution in [-0.2, 0) is 5.41 Å². The van der Waals surface area contributed by atoms with Gasteiger partial charge in [0.15, 0.2) is 0 Å².